The summed E-state index contributed by atoms with van der Waals surface area (Å²) >= 11 is 0. The normalized spacial score (nSPS) is 34.8. The van der Waals surface area contributed by atoms with Crippen molar-refractivity contribution in [2.75, 3.05) is 39.3 Å². The van der Waals surface area contributed by atoms with Crippen LogP contribution >= 0.6 is 0 Å². The van der Waals surface area contributed by atoms with Crippen LogP contribution < -0.4 is 0 Å². The van der Waals surface area contributed by atoms with Crippen molar-refractivity contribution in [2.24, 2.45) is 17.8 Å². The van der Waals surface area contributed by atoms with Crippen molar-refractivity contribution in [1.29, 1.82) is 0 Å². The lowest BCUT2D eigenvalue weighted by Crippen LogP contribution is -2.46. The molecular weight excluding hydrogens is 314 g/mol. The third kappa shape index (κ3) is 3.45. The standard InChI is InChI=1S/C18H28F2N2O2/c19-18(20)7-14(8-18)17(23)22-11-15-10-21(5-6-24-16(15)12-22)9-13-3-1-2-4-13/h13-16H,1-12H2/t15-,16+/m0/s1. The van der Waals surface area contributed by atoms with E-state index < -0.39 is 11.8 Å². The van der Waals surface area contributed by atoms with Crippen molar-refractivity contribution >= 4 is 5.91 Å². The number of fused-ring (bicyclic) bond motifs is 1. The van der Waals surface area contributed by atoms with Crippen molar-refractivity contribution in [1.82, 2.24) is 9.80 Å². The van der Waals surface area contributed by atoms with Crippen molar-refractivity contribution in [3.63, 3.8) is 0 Å². The van der Waals surface area contributed by atoms with E-state index >= 15 is 0 Å². The molecule has 4 nitrogen and oxygen atoms in total. The Morgan fingerprint density at radius 2 is 1.88 bits per heavy atom. The molecule has 4 aliphatic rings. The molecule has 2 saturated heterocycles. The zero-order valence-electron chi connectivity index (χ0n) is 14.3. The van der Waals surface area contributed by atoms with Gasteiger partial charge in [-0.05, 0) is 18.8 Å². The lowest BCUT2D eigenvalue weighted by molar-refractivity contribution is -0.159. The summed E-state index contributed by atoms with van der Waals surface area (Å²) < 4.78 is 32.0. The zero-order valence-corrected chi connectivity index (χ0v) is 14.3. The number of likely N-dealkylation sites (tertiary alicyclic amines) is 1. The number of alkyl halides is 2. The lowest BCUT2D eigenvalue weighted by atomic mass is 9.80. The first kappa shape index (κ1) is 16.7. The Balaban J connectivity index is 1.31. The third-order valence-corrected chi connectivity index (χ3v) is 6.36. The first-order chi connectivity index (χ1) is 11.5. The molecule has 4 rings (SSSR count). The number of halogens is 2. The highest BCUT2D eigenvalue weighted by Crippen LogP contribution is 2.43. The molecule has 2 saturated carbocycles. The highest BCUT2D eigenvalue weighted by Gasteiger charge is 2.51. The van der Waals surface area contributed by atoms with Crippen LogP contribution in [-0.2, 0) is 9.53 Å². The molecule has 0 N–H and O–H groups in total. The van der Waals surface area contributed by atoms with E-state index in [9.17, 15) is 13.6 Å². The molecule has 0 spiro atoms. The van der Waals surface area contributed by atoms with Crippen LogP contribution in [-0.4, -0.2) is 67.1 Å². The maximum atomic E-state index is 13.0. The summed E-state index contributed by atoms with van der Waals surface area (Å²) in [7, 11) is 0. The smallest absolute Gasteiger partial charge is 0.249 e. The Hall–Kier alpha value is -0.750. The zero-order chi connectivity index (χ0) is 16.7. The number of carbonyl (C=O) groups is 1. The van der Waals surface area contributed by atoms with Gasteiger partial charge in [-0.25, -0.2) is 8.78 Å². The van der Waals surface area contributed by atoms with E-state index in [1.807, 2.05) is 0 Å². The van der Waals surface area contributed by atoms with Crippen LogP contribution in [0.4, 0.5) is 8.78 Å². The van der Waals surface area contributed by atoms with E-state index in [2.05, 4.69) is 4.90 Å². The summed E-state index contributed by atoms with van der Waals surface area (Å²) in [6.45, 7) is 5.08. The molecule has 24 heavy (non-hydrogen) atoms. The van der Waals surface area contributed by atoms with Crippen molar-refractivity contribution < 1.29 is 18.3 Å². The molecule has 0 aromatic heterocycles. The molecule has 6 heteroatoms. The first-order valence-electron chi connectivity index (χ1n) is 9.51. The fraction of sp³-hybridized carbons (Fsp3) is 0.944. The van der Waals surface area contributed by atoms with Gasteiger partial charge in [-0.15, -0.1) is 0 Å². The molecule has 0 aromatic rings. The van der Waals surface area contributed by atoms with E-state index in [1.165, 1.54) is 25.7 Å². The second-order valence-corrected chi connectivity index (χ2v) is 8.28. The van der Waals surface area contributed by atoms with Gasteiger partial charge in [-0.2, -0.15) is 0 Å². The average Bonchev–Trinajstić information content (AvgIpc) is 3.11. The van der Waals surface area contributed by atoms with Gasteiger partial charge < -0.3 is 14.5 Å². The maximum Gasteiger partial charge on any atom is 0.249 e. The van der Waals surface area contributed by atoms with Crippen LogP contribution in [0, 0.1) is 17.8 Å². The second kappa shape index (κ2) is 6.52. The Morgan fingerprint density at radius 1 is 1.12 bits per heavy atom. The molecule has 136 valence electrons. The minimum Gasteiger partial charge on any atom is -0.375 e. The predicted molar refractivity (Wildman–Crippen MR) is 85.9 cm³/mol. The van der Waals surface area contributed by atoms with E-state index in [0.29, 0.717) is 19.0 Å². The van der Waals surface area contributed by atoms with E-state index in [0.717, 1.165) is 32.2 Å². The Morgan fingerprint density at radius 3 is 2.58 bits per heavy atom. The van der Waals surface area contributed by atoms with Crippen LogP contribution in [0.2, 0.25) is 0 Å². The fourth-order valence-corrected chi connectivity index (χ4v) is 4.96. The first-order valence-corrected chi connectivity index (χ1v) is 9.51. The average molecular weight is 342 g/mol. The predicted octanol–water partition coefficient (Wildman–Crippen LogP) is 2.38. The Labute approximate surface area is 142 Å². The second-order valence-electron chi connectivity index (χ2n) is 8.28. The number of nitrogens with zero attached hydrogens (tertiary/aromatic N) is 2. The summed E-state index contributed by atoms with van der Waals surface area (Å²) in [4.78, 5) is 16.7. The van der Waals surface area contributed by atoms with Crippen molar-refractivity contribution in [3.8, 4) is 0 Å². The Bertz CT molecular complexity index is 474. The molecule has 2 heterocycles. The molecule has 2 aliphatic heterocycles. The van der Waals surface area contributed by atoms with Crippen LogP contribution in [0.3, 0.4) is 0 Å². The number of rotatable bonds is 3. The number of amides is 1. The molecule has 4 fully saturated rings. The number of ether oxygens (including phenoxy) is 1. The van der Waals surface area contributed by atoms with Gasteiger partial charge >= 0.3 is 0 Å². The van der Waals surface area contributed by atoms with E-state index in [-0.39, 0.29) is 24.9 Å². The summed E-state index contributed by atoms with van der Waals surface area (Å²) in [5.74, 6) is -2.04. The van der Waals surface area contributed by atoms with Crippen molar-refractivity contribution in [3.05, 3.63) is 0 Å². The van der Waals surface area contributed by atoms with Crippen LogP contribution in [0.15, 0.2) is 0 Å². The number of hydrogen-bond donors (Lipinski definition) is 0. The maximum absolute atomic E-state index is 13.0. The van der Waals surface area contributed by atoms with Gasteiger partial charge in [-0.3, -0.25) is 4.79 Å². The summed E-state index contributed by atoms with van der Waals surface area (Å²) in [5.41, 5.74) is 0. The van der Waals surface area contributed by atoms with Gasteiger partial charge in [0.1, 0.15) is 0 Å². The van der Waals surface area contributed by atoms with E-state index in [1.54, 1.807) is 4.90 Å². The molecule has 0 unspecified atom stereocenters. The highest BCUT2D eigenvalue weighted by atomic mass is 19.3. The molecule has 1 amide bonds. The molecule has 0 bridgehead atoms. The highest BCUT2D eigenvalue weighted by molar-refractivity contribution is 5.80. The van der Waals surface area contributed by atoms with Gasteiger partial charge in [0.2, 0.25) is 11.8 Å². The lowest BCUT2D eigenvalue weighted by Gasteiger charge is -2.36. The fourth-order valence-electron chi connectivity index (χ4n) is 4.96. The van der Waals surface area contributed by atoms with Gasteiger partial charge in [0, 0.05) is 57.4 Å². The van der Waals surface area contributed by atoms with Gasteiger partial charge in [0.05, 0.1) is 12.7 Å². The van der Waals surface area contributed by atoms with Crippen LogP contribution in [0.5, 0.6) is 0 Å². The van der Waals surface area contributed by atoms with Gasteiger partial charge in [-0.1, -0.05) is 12.8 Å². The minimum atomic E-state index is -2.63. The van der Waals surface area contributed by atoms with E-state index in [4.69, 9.17) is 4.74 Å². The molecular formula is C18H28F2N2O2. The third-order valence-electron chi connectivity index (χ3n) is 6.36. The topological polar surface area (TPSA) is 32.8 Å². The SMILES string of the molecule is O=C(C1CC(F)(F)C1)N1C[C@@H]2CN(CC3CCCC3)CCO[C@@H]2C1. The molecule has 2 atom stereocenters. The molecule has 0 radical (unpaired) electrons. The minimum absolute atomic E-state index is 0.0834. The number of carbonyl (C=O) groups excluding carboxylic acids is 1. The summed E-state index contributed by atoms with van der Waals surface area (Å²) in [6.07, 6.45) is 4.93. The quantitative estimate of drug-likeness (QED) is 0.789. The van der Waals surface area contributed by atoms with Crippen molar-refractivity contribution in [2.45, 2.75) is 50.6 Å². The summed E-state index contributed by atoms with van der Waals surface area (Å²) in [6, 6.07) is 0. The van der Waals surface area contributed by atoms with Crippen LogP contribution in [0.25, 0.3) is 0 Å². The number of hydrogen-bond acceptors (Lipinski definition) is 3. The summed E-state index contributed by atoms with van der Waals surface area (Å²) in [5, 5.41) is 0. The van der Waals surface area contributed by atoms with Crippen LogP contribution in [0.1, 0.15) is 38.5 Å². The monoisotopic (exact) mass is 342 g/mol. The van der Waals surface area contributed by atoms with Gasteiger partial charge in [0.15, 0.2) is 0 Å². The molecule has 0 aromatic carbocycles. The molecule has 2 aliphatic carbocycles. The largest absolute Gasteiger partial charge is 0.375 e. The van der Waals surface area contributed by atoms with Gasteiger partial charge in [0.25, 0.3) is 0 Å². The Kier molecular flexibility index (Phi) is 4.54.